The van der Waals surface area contributed by atoms with E-state index in [0.717, 1.165) is 0 Å². The van der Waals surface area contributed by atoms with Crippen LogP contribution in [0.3, 0.4) is 0 Å². The molecule has 0 radical (unpaired) electrons. The van der Waals surface area contributed by atoms with Crippen molar-refractivity contribution in [1.82, 2.24) is 0 Å². The molecular formula is C14H20ClF3N2O2. The minimum Gasteiger partial charge on any atom is -0.484 e. The van der Waals surface area contributed by atoms with Gasteiger partial charge in [0.15, 0.2) is 6.61 Å². The molecule has 0 aliphatic carbocycles. The lowest BCUT2D eigenvalue weighted by molar-refractivity contribution is -0.153. The number of hydrogen-bond donors (Lipinski definition) is 2. The first kappa shape index (κ1) is 20.5. The van der Waals surface area contributed by atoms with Gasteiger partial charge in [-0.3, -0.25) is 4.79 Å². The Morgan fingerprint density at radius 1 is 1.36 bits per heavy atom. The van der Waals surface area contributed by atoms with E-state index in [1.54, 1.807) is 26.8 Å². The lowest BCUT2D eigenvalue weighted by Crippen LogP contribution is -2.34. The summed E-state index contributed by atoms with van der Waals surface area (Å²) in [5.41, 5.74) is 6.63. The summed E-state index contributed by atoms with van der Waals surface area (Å²) < 4.78 is 41.0. The summed E-state index contributed by atoms with van der Waals surface area (Å²) in [5, 5.41) is 2.67. The summed E-state index contributed by atoms with van der Waals surface area (Å²) in [4.78, 5) is 11.8. The normalized spacial score (nSPS) is 13.8. The molecule has 1 aromatic carbocycles. The van der Waals surface area contributed by atoms with Gasteiger partial charge >= 0.3 is 6.18 Å². The molecule has 0 bridgehead atoms. The van der Waals surface area contributed by atoms with Crippen LogP contribution in [0, 0.1) is 12.8 Å². The van der Waals surface area contributed by atoms with Crippen LogP contribution in [0.1, 0.15) is 19.4 Å². The highest BCUT2D eigenvalue weighted by Crippen LogP contribution is 2.25. The van der Waals surface area contributed by atoms with Crippen LogP contribution in [0.2, 0.25) is 0 Å². The maximum Gasteiger partial charge on any atom is 0.422 e. The van der Waals surface area contributed by atoms with Gasteiger partial charge in [0.1, 0.15) is 5.75 Å². The average Bonchev–Trinajstić information content (AvgIpc) is 2.35. The number of hydrogen-bond acceptors (Lipinski definition) is 3. The number of nitrogens with one attached hydrogen (secondary N) is 1. The molecule has 2 unspecified atom stereocenters. The van der Waals surface area contributed by atoms with Gasteiger partial charge in [-0.1, -0.05) is 6.92 Å². The zero-order chi connectivity index (χ0) is 16.2. The lowest BCUT2D eigenvalue weighted by atomic mass is 10.0. The van der Waals surface area contributed by atoms with Crippen LogP contribution >= 0.6 is 12.4 Å². The quantitative estimate of drug-likeness (QED) is 0.864. The molecule has 4 nitrogen and oxygen atoms in total. The van der Waals surface area contributed by atoms with Crippen molar-refractivity contribution in [2.45, 2.75) is 33.0 Å². The summed E-state index contributed by atoms with van der Waals surface area (Å²) in [6, 6.07) is 4.15. The van der Waals surface area contributed by atoms with E-state index in [-0.39, 0.29) is 36.0 Å². The molecule has 1 rings (SSSR count). The van der Waals surface area contributed by atoms with Gasteiger partial charge in [0.05, 0.1) is 5.92 Å². The predicted molar refractivity (Wildman–Crippen MR) is 81.4 cm³/mol. The first-order chi connectivity index (χ1) is 9.60. The summed E-state index contributed by atoms with van der Waals surface area (Å²) >= 11 is 0. The number of aryl methyl sites for hydroxylation is 1. The standard InChI is InChI=1S/C14H19F3N2O2.ClH/c1-8-6-11(19-13(20)9(2)10(3)18)4-5-12(8)21-7-14(15,16)17;/h4-6,9-10H,7,18H2,1-3H3,(H,19,20);1H. The number of carbonyl (C=O) groups excluding carboxylic acids is 1. The molecular weight excluding hydrogens is 321 g/mol. The van der Waals surface area contributed by atoms with Gasteiger partial charge in [0, 0.05) is 11.7 Å². The van der Waals surface area contributed by atoms with Gasteiger partial charge in [-0.15, -0.1) is 12.4 Å². The van der Waals surface area contributed by atoms with Crippen LogP contribution in [-0.4, -0.2) is 24.7 Å². The second-order valence-electron chi connectivity index (χ2n) is 5.02. The number of rotatable bonds is 5. The van der Waals surface area contributed by atoms with Crippen molar-refractivity contribution in [3.8, 4) is 5.75 Å². The van der Waals surface area contributed by atoms with Crippen LogP contribution in [0.25, 0.3) is 0 Å². The average molecular weight is 341 g/mol. The van der Waals surface area contributed by atoms with Crippen molar-refractivity contribution in [2.24, 2.45) is 11.7 Å². The Bertz CT molecular complexity index is 507. The highest BCUT2D eigenvalue weighted by atomic mass is 35.5. The number of alkyl halides is 3. The molecule has 0 aromatic heterocycles. The van der Waals surface area contributed by atoms with E-state index in [9.17, 15) is 18.0 Å². The summed E-state index contributed by atoms with van der Waals surface area (Å²) in [6.45, 7) is 3.69. The zero-order valence-electron chi connectivity index (χ0n) is 12.5. The molecule has 126 valence electrons. The second kappa shape index (κ2) is 8.24. The van der Waals surface area contributed by atoms with Gasteiger partial charge in [-0.05, 0) is 37.6 Å². The van der Waals surface area contributed by atoms with E-state index < -0.39 is 12.8 Å². The van der Waals surface area contributed by atoms with Crippen molar-refractivity contribution < 1.29 is 22.7 Å². The Hall–Kier alpha value is -1.47. The van der Waals surface area contributed by atoms with Crippen molar-refractivity contribution >= 4 is 24.0 Å². The monoisotopic (exact) mass is 340 g/mol. The number of carbonyl (C=O) groups is 1. The predicted octanol–water partition coefficient (Wildman–Crippen LogP) is 3.28. The Morgan fingerprint density at radius 2 is 1.95 bits per heavy atom. The molecule has 0 saturated carbocycles. The molecule has 8 heteroatoms. The number of nitrogens with two attached hydrogens (primary N) is 1. The number of amides is 1. The molecule has 3 N–H and O–H groups in total. The van der Waals surface area contributed by atoms with E-state index in [1.807, 2.05) is 0 Å². The summed E-state index contributed by atoms with van der Waals surface area (Å²) in [7, 11) is 0. The molecule has 2 atom stereocenters. The molecule has 1 amide bonds. The Morgan fingerprint density at radius 3 is 2.41 bits per heavy atom. The zero-order valence-corrected chi connectivity index (χ0v) is 13.3. The van der Waals surface area contributed by atoms with E-state index in [1.165, 1.54) is 12.1 Å². The smallest absolute Gasteiger partial charge is 0.422 e. The number of anilines is 1. The highest BCUT2D eigenvalue weighted by molar-refractivity contribution is 5.92. The third-order valence-electron chi connectivity index (χ3n) is 3.04. The van der Waals surface area contributed by atoms with Crippen LogP contribution in [-0.2, 0) is 4.79 Å². The van der Waals surface area contributed by atoms with Gasteiger partial charge in [-0.25, -0.2) is 0 Å². The largest absolute Gasteiger partial charge is 0.484 e. The minimum absolute atomic E-state index is 0. The number of benzene rings is 1. The van der Waals surface area contributed by atoms with Crippen molar-refractivity contribution in [1.29, 1.82) is 0 Å². The van der Waals surface area contributed by atoms with E-state index in [4.69, 9.17) is 5.73 Å². The molecule has 0 heterocycles. The molecule has 1 aromatic rings. The van der Waals surface area contributed by atoms with Crippen molar-refractivity contribution in [2.75, 3.05) is 11.9 Å². The second-order valence-corrected chi connectivity index (χ2v) is 5.02. The maximum atomic E-state index is 12.1. The van der Waals surface area contributed by atoms with Crippen molar-refractivity contribution in [3.63, 3.8) is 0 Å². The number of ether oxygens (including phenoxy) is 1. The Kier molecular flexibility index (Phi) is 7.69. The summed E-state index contributed by atoms with van der Waals surface area (Å²) in [6.07, 6.45) is -4.38. The highest BCUT2D eigenvalue weighted by Gasteiger charge is 2.28. The maximum absolute atomic E-state index is 12.1. The summed E-state index contributed by atoms with van der Waals surface area (Å²) in [5.74, 6) is -0.481. The molecule has 22 heavy (non-hydrogen) atoms. The third kappa shape index (κ3) is 6.53. The molecule has 0 saturated heterocycles. The minimum atomic E-state index is -4.38. The SMILES string of the molecule is Cc1cc(NC(=O)C(C)C(C)N)ccc1OCC(F)(F)F.Cl. The fraction of sp³-hybridized carbons (Fsp3) is 0.500. The molecule has 0 fully saturated rings. The number of halogens is 4. The van der Waals surface area contributed by atoms with Gasteiger partial charge in [0.2, 0.25) is 5.91 Å². The Balaban J connectivity index is 0.00000441. The van der Waals surface area contributed by atoms with Crippen molar-refractivity contribution in [3.05, 3.63) is 23.8 Å². The van der Waals surface area contributed by atoms with Crippen LogP contribution < -0.4 is 15.8 Å². The van der Waals surface area contributed by atoms with Crippen LogP contribution in [0.5, 0.6) is 5.75 Å². The van der Waals surface area contributed by atoms with Crippen LogP contribution in [0.15, 0.2) is 18.2 Å². The fourth-order valence-corrected chi connectivity index (χ4v) is 1.54. The lowest BCUT2D eigenvalue weighted by Gasteiger charge is -2.16. The molecule has 0 aliphatic heterocycles. The fourth-order valence-electron chi connectivity index (χ4n) is 1.54. The molecule has 0 aliphatic rings. The molecule has 0 spiro atoms. The van der Waals surface area contributed by atoms with Gasteiger partial charge < -0.3 is 15.8 Å². The first-order valence-corrected chi connectivity index (χ1v) is 6.47. The third-order valence-corrected chi connectivity index (χ3v) is 3.04. The van der Waals surface area contributed by atoms with E-state index in [0.29, 0.717) is 11.3 Å². The van der Waals surface area contributed by atoms with E-state index >= 15 is 0 Å². The van der Waals surface area contributed by atoms with E-state index in [2.05, 4.69) is 10.1 Å². The topological polar surface area (TPSA) is 64.4 Å². The van der Waals surface area contributed by atoms with Gasteiger partial charge in [-0.2, -0.15) is 13.2 Å². The van der Waals surface area contributed by atoms with Gasteiger partial charge in [0.25, 0.3) is 0 Å². The Labute approximate surface area is 133 Å². The first-order valence-electron chi connectivity index (χ1n) is 6.47. The van der Waals surface area contributed by atoms with Crippen LogP contribution in [0.4, 0.5) is 18.9 Å².